The van der Waals surface area contributed by atoms with Gasteiger partial charge in [0.25, 0.3) is 5.91 Å². The van der Waals surface area contributed by atoms with Crippen LogP contribution in [0.4, 0.5) is 4.79 Å². The summed E-state index contributed by atoms with van der Waals surface area (Å²) in [5, 5.41) is 17.1. The zero-order chi connectivity index (χ0) is 36.0. The summed E-state index contributed by atoms with van der Waals surface area (Å²) in [6.45, 7) is 9.11. The third kappa shape index (κ3) is 12.2. The number of allylic oxidation sites excluding steroid dienone is 4. The van der Waals surface area contributed by atoms with Crippen LogP contribution in [0.5, 0.6) is 0 Å². The molecule has 2 rings (SSSR count). The molecule has 12 nitrogen and oxygen atoms in total. The minimum Gasteiger partial charge on any atom is -0.439 e. The summed E-state index contributed by atoms with van der Waals surface area (Å²) >= 11 is 11.9. The van der Waals surface area contributed by atoms with Crippen LogP contribution in [-0.2, 0) is 28.6 Å². The average Bonchev–Trinajstić information content (AvgIpc) is 3.03. The van der Waals surface area contributed by atoms with Gasteiger partial charge in [-0.2, -0.15) is 0 Å². The molecule has 0 spiro atoms. The standard InChI is InChI=1S/C34H50Cl2N4O8/c1-20-16-24-29(38-12-15-40(13-10-35)14-11-36)26(41)19-25(31(24)43)39-33(44)21(2)8-7-9-27(46-5)32(48-34(37)45)23(4)18-22(3)30(42)28(17-20)47-6/h7-9,18-20,22,27-28,30,32,38,42H,10-17H2,1-6H3,(H2,37,45)(H,39,44)/b9-7-,21-8+,23-18+/t20-,22+,27+,28+,30-,32+/m1/s1. The normalized spacial score (nSPS) is 29.4. The molecule has 0 aromatic carbocycles. The number of ketones is 2. The number of hydrogen-bond donors (Lipinski definition) is 4. The first-order valence-corrected chi connectivity index (χ1v) is 17.0. The molecule has 5 N–H and O–H groups in total. The average molecular weight is 714 g/mol. The van der Waals surface area contributed by atoms with E-state index in [1.165, 1.54) is 20.3 Å². The van der Waals surface area contributed by atoms with Gasteiger partial charge in [-0.05, 0) is 38.2 Å². The summed E-state index contributed by atoms with van der Waals surface area (Å²) in [6.07, 6.45) is 3.69. The molecule has 14 heteroatoms. The van der Waals surface area contributed by atoms with Gasteiger partial charge in [-0.15, -0.1) is 23.2 Å². The molecule has 6 atom stereocenters. The highest BCUT2D eigenvalue weighted by Gasteiger charge is 2.33. The Morgan fingerprint density at radius 1 is 1.10 bits per heavy atom. The number of ether oxygens (including phenoxy) is 3. The third-order valence-electron chi connectivity index (χ3n) is 8.32. The monoisotopic (exact) mass is 712 g/mol. The second-order valence-corrected chi connectivity index (χ2v) is 12.8. The molecule has 1 heterocycles. The number of carbonyl (C=O) groups is 4. The van der Waals surface area contributed by atoms with Gasteiger partial charge in [0.2, 0.25) is 11.6 Å². The predicted octanol–water partition coefficient (Wildman–Crippen LogP) is 3.13. The Morgan fingerprint density at radius 2 is 1.77 bits per heavy atom. The number of carbonyl (C=O) groups excluding carboxylic acids is 4. The zero-order valence-electron chi connectivity index (χ0n) is 28.6. The summed E-state index contributed by atoms with van der Waals surface area (Å²) in [7, 11) is 2.92. The van der Waals surface area contributed by atoms with Gasteiger partial charge in [0.05, 0.1) is 23.6 Å². The maximum Gasteiger partial charge on any atom is 0.405 e. The summed E-state index contributed by atoms with van der Waals surface area (Å²) < 4.78 is 16.7. The SMILES string of the molecule is CO[C@H]1/C=C\C=C(/C)C(=O)NC2=CC(=O)C(NCCN(CCCl)CCCl)=C(C[C@@H](C)C[C@H](OC)[C@H](O)[C@@H](C)/C=C(\C)[C@@H]1OC(N)=O)C2=O. The van der Waals surface area contributed by atoms with Gasteiger partial charge < -0.3 is 35.7 Å². The largest absolute Gasteiger partial charge is 0.439 e. The van der Waals surface area contributed by atoms with E-state index in [0.717, 1.165) is 6.08 Å². The maximum absolute atomic E-state index is 13.9. The number of rotatable bonds is 11. The number of nitrogens with one attached hydrogen (secondary N) is 2. The van der Waals surface area contributed by atoms with E-state index in [1.807, 2.05) is 11.8 Å². The number of methoxy groups -OCH3 is 2. The first-order valence-electron chi connectivity index (χ1n) is 15.9. The molecule has 0 fully saturated rings. The van der Waals surface area contributed by atoms with Crippen LogP contribution in [0.2, 0.25) is 0 Å². The minimum absolute atomic E-state index is 0.139. The molecule has 48 heavy (non-hydrogen) atoms. The van der Waals surface area contributed by atoms with Gasteiger partial charge in [-0.1, -0.05) is 38.2 Å². The van der Waals surface area contributed by atoms with Crippen LogP contribution in [0.1, 0.15) is 40.5 Å². The number of alkyl halides is 2. The molecule has 0 saturated heterocycles. The lowest BCUT2D eigenvalue weighted by molar-refractivity contribution is -0.120. The van der Waals surface area contributed by atoms with Crippen LogP contribution in [0.25, 0.3) is 0 Å². The molecule has 2 amide bonds. The quantitative estimate of drug-likeness (QED) is 0.142. The number of aliphatic hydroxyl groups excluding tert-OH is 1. The van der Waals surface area contributed by atoms with E-state index in [2.05, 4.69) is 10.6 Å². The Balaban J connectivity index is 2.57. The highest BCUT2D eigenvalue weighted by atomic mass is 35.5. The smallest absolute Gasteiger partial charge is 0.405 e. The van der Waals surface area contributed by atoms with E-state index in [0.29, 0.717) is 49.9 Å². The number of fused-ring (bicyclic) bond motifs is 2. The highest BCUT2D eigenvalue weighted by Crippen LogP contribution is 2.29. The molecule has 1 aliphatic carbocycles. The lowest BCUT2D eigenvalue weighted by atomic mass is 9.85. The lowest BCUT2D eigenvalue weighted by Crippen LogP contribution is -2.39. The second kappa shape index (κ2) is 20.5. The van der Waals surface area contributed by atoms with E-state index in [4.69, 9.17) is 43.1 Å². The molecular formula is C34H50Cl2N4O8. The van der Waals surface area contributed by atoms with Crippen molar-refractivity contribution in [1.82, 2.24) is 15.5 Å². The summed E-state index contributed by atoms with van der Waals surface area (Å²) in [6, 6.07) is 0. The van der Waals surface area contributed by atoms with Gasteiger partial charge in [0, 0.05) is 75.3 Å². The van der Waals surface area contributed by atoms with Crippen LogP contribution < -0.4 is 16.4 Å². The van der Waals surface area contributed by atoms with Gasteiger partial charge in [-0.25, -0.2) is 4.79 Å². The van der Waals surface area contributed by atoms with Crippen molar-refractivity contribution in [1.29, 1.82) is 0 Å². The summed E-state index contributed by atoms with van der Waals surface area (Å²) in [5.74, 6) is -1.36. The first-order chi connectivity index (χ1) is 22.8. The highest BCUT2D eigenvalue weighted by molar-refractivity contribution is 6.23. The number of hydrogen-bond acceptors (Lipinski definition) is 10. The molecule has 268 valence electrons. The maximum atomic E-state index is 13.9. The number of primary amides is 1. The number of amides is 2. The molecule has 0 saturated carbocycles. The molecule has 0 aromatic heterocycles. The molecular weight excluding hydrogens is 663 g/mol. The fraction of sp³-hybridized carbons (Fsp3) is 0.588. The molecule has 2 aliphatic rings. The van der Waals surface area contributed by atoms with E-state index >= 15 is 0 Å². The van der Waals surface area contributed by atoms with E-state index in [1.54, 1.807) is 39.0 Å². The number of aliphatic hydroxyl groups is 1. The summed E-state index contributed by atoms with van der Waals surface area (Å²) in [4.78, 5) is 54.3. The van der Waals surface area contributed by atoms with Gasteiger partial charge in [0.15, 0.2) is 6.10 Å². The predicted molar refractivity (Wildman–Crippen MR) is 185 cm³/mol. The number of nitrogens with two attached hydrogens (primary N) is 1. The van der Waals surface area contributed by atoms with E-state index in [-0.39, 0.29) is 34.9 Å². The summed E-state index contributed by atoms with van der Waals surface area (Å²) in [5.41, 5.74) is 6.44. The van der Waals surface area contributed by atoms with Gasteiger partial charge in [-0.3, -0.25) is 19.3 Å². The number of halogens is 2. The Hall–Kier alpha value is -3.00. The Morgan fingerprint density at radius 3 is 2.35 bits per heavy atom. The van der Waals surface area contributed by atoms with Crippen LogP contribution >= 0.6 is 23.2 Å². The van der Waals surface area contributed by atoms with Crippen molar-refractivity contribution in [3.8, 4) is 0 Å². The van der Waals surface area contributed by atoms with Crippen molar-refractivity contribution in [3.63, 3.8) is 0 Å². The Bertz CT molecular complexity index is 1310. The molecule has 2 bridgehead atoms. The van der Waals surface area contributed by atoms with Crippen molar-refractivity contribution in [2.45, 2.75) is 65.0 Å². The van der Waals surface area contributed by atoms with Crippen molar-refractivity contribution >= 4 is 46.8 Å². The van der Waals surface area contributed by atoms with Crippen LogP contribution in [0, 0.1) is 11.8 Å². The molecule has 0 aromatic rings. The number of Topliss-reactive ketones (excluding diaryl/α,β-unsaturated/α-hetero) is 1. The van der Waals surface area contributed by atoms with E-state index < -0.39 is 53.9 Å². The second-order valence-electron chi connectivity index (χ2n) is 12.1. The molecule has 0 unspecified atom stereocenters. The lowest BCUT2D eigenvalue weighted by Gasteiger charge is -2.30. The Kier molecular flexibility index (Phi) is 17.6. The number of nitrogens with zero attached hydrogens (tertiary/aromatic N) is 1. The van der Waals surface area contributed by atoms with Crippen LogP contribution in [0.3, 0.4) is 0 Å². The first kappa shape index (κ1) is 41.2. The third-order valence-corrected chi connectivity index (χ3v) is 8.66. The van der Waals surface area contributed by atoms with Crippen LogP contribution in [0.15, 0.2) is 58.5 Å². The fourth-order valence-corrected chi connectivity index (χ4v) is 6.17. The molecule has 1 aliphatic heterocycles. The van der Waals surface area contributed by atoms with Crippen molar-refractivity contribution in [2.24, 2.45) is 17.6 Å². The Labute approximate surface area is 293 Å². The van der Waals surface area contributed by atoms with Crippen molar-refractivity contribution < 1.29 is 38.5 Å². The van der Waals surface area contributed by atoms with Crippen LogP contribution in [-0.4, -0.2) is 110 Å². The fourth-order valence-electron chi connectivity index (χ4n) is 5.69. The minimum atomic E-state index is -1.01. The molecule has 0 radical (unpaired) electrons. The van der Waals surface area contributed by atoms with Gasteiger partial charge in [0.1, 0.15) is 6.10 Å². The zero-order valence-corrected chi connectivity index (χ0v) is 30.1. The van der Waals surface area contributed by atoms with Crippen molar-refractivity contribution in [2.75, 3.05) is 52.2 Å². The van der Waals surface area contributed by atoms with E-state index in [9.17, 15) is 24.3 Å². The van der Waals surface area contributed by atoms with Crippen molar-refractivity contribution in [3.05, 3.63) is 58.5 Å². The van der Waals surface area contributed by atoms with Gasteiger partial charge >= 0.3 is 6.09 Å². The topological polar surface area (TPSA) is 170 Å².